The molecule has 1 saturated heterocycles. The van der Waals surface area contributed by atoms with E-state index in [9.17, 15) is 4.79 Å². The summed E-state index contributed by atoms with van der Waals surface area (Å²) in [7, 11) is 0. The third-order valence-electron chi connectivity index (χ3n) is 2.36. The van der Waals surface area contributed by atoms with Gasteiger partial charge in [0, 0.05) is 25.7 Å². The Balaban J connectivity index is 2.45. The second kappa shape index (κ2) is 4.84. The highest BCUT2D eigenvalue weighted by Gasteiger charge is 2.23. The van der Waals surface area contributed by atoms with E-state index in [2.05, 4.69) is 12.2 Å². The molecule has 0 aromatic rings. The Bertz CT molecular complexity index is 223. The van der Waals surface area contributed by atoms with Crippen molar-refractivity contribution in [2.75, 3.05) is 19.6 Å². The fraction of sp³-hybridized carbons (Fsp3) is 0.909. The topological polar surface area (TPSA) is 41.6 Å². The molecule has 1 N–H and O–H groups in total. The summed E-state index contributed by atoms with van der Waals surface area (Å²) in [6.07, 6.45) is 0.789. The van der Waals surface area contributed by atoms with E-state index >= 15 is 0 Å². The lowest BCUT2D eigenvalue weighted by molar-refractivity contribution is 0.0262. The Hall–Kier alpha value is -0.770. The monoisotopic (exact) mass is 214 g/mol. The summed E-state index contributed by atoms with van der Waals surface area (Å²) >= 11 is 0. The first-order chi connectivity index (χ1) is 6.88. The van der Waals surface area contributed by atoms with Crippen LogP contribution < -0.4 is 5.32 Å². The van der Waals surface area contributed by atoms with Crippen molar-refractivity contribution >= 4 is 6.09 Å². The zero-order chi connectivity index (χ0) is 11.5. The maximum Gasteiger partial charge on any atom is 0.410 e. The third kappa shape index (κ3) is 4.51. The molecule has 0 spiro atoms. The van der Waals surface area contributed by atoms with Crippen LogP contribution in [0.15, 0.2) is 0 Å². The predicted molar refractivity (Wildman–Crippen MR) is 59.9 cm³/mol. The summed E-state index contributed by atoms with van der Waals surface area (Å²) in [6.45, 7) is 10.2. The Kier molecular flexibility index (Phi) is 3.97. The Morgan fingerprint density at radius 2 is 2.07 bits per heavy atom. The molecule has 1 fully saturated rings. The van der Waals surface area contributed by atoms with Crippen LogP contribution in [0.4, 0.5) is 4.79 Å². The standard InChI is InChI=1S/C11H22N2O2/c1-9-5-7-13(8-6-12-9)10(14)15-11(2,3)4/h9,12H,5-8H2,1-4H3. The molecule has 0 saturated carbocycles. The number of carbonyl (C=O) groups excluding carboxylic acids is 1. The van der Waals surface area contributed by atoms with Gasteiger partial charge < -0.3 is 15.0 Å². The maximum atomic E-state index is 11.7. The van der Waals surface area contributed by atoms with E-state index in [1.165, 1.54) is 0 Å². The van der Waals surface area contributed by atoms with Crippen LogP contribution in [0.3, 0.4) is 0 Å². The number of hydrogen-bond donors (Lipinski definition) is 1. The average molecular weight is 214 g/mol. The van der Waals surface area contributed by atoms with E-state index in [1.54, 1.807) is 4.90 Å². The highest BCUT2D eigenvalue weighted by Crippen LogP contribution is 2.11. The first kappa shape index (κ1) is 12.3. The van der Waals surface area contributed by atoms with Crippen LogP contribution in [0.25, 0.3) is 0 Å². The summed E-state index contributed by atoms with van der Waals surface area (Å²) in [5, 5.41) is 3.34. The summed E-state index contributed by atoms with van der Waals surface area (Å²) in [4.78, 5) is 13.5. The van der Waals surface area contributed by atoms with Gasteiger partial charge >= 0.3 is 6.09 Å². The number of hydrogen-bond acceptors (Lipinski definition) is 3. The van der Waals surface area contributed by atoms with Gasteiger partial charge in [-0.15, -0.1) is 0 Å². The molecule has 0 aliphatic carbocycles. The molecule has 88 valence electrons. The molecule has 1 rings (SSSR count). The first-order valence-corrected chi connectivity index (χ1v) is 5.60. The molecule has 1 aliphatic rings. The predicted octanol–water partition coefficient (Wildman–Crippen LogP) is 1.61. The Labute approximate surface area is 92.0 Å². The molecule has 1 amide bonds. The molecule has 4 nitrogen and oxygen atoms in total. The van der Waals surface area contributed by atoms with E-state index in [-0.39, 0.29) is 6.09 Å². The molecule has 0 radical (unpaired) electrons. The lowest BCUT2D eigenvalue weighted by Crippen LogP contribution is -2.38. The summed E-state index contributed by atoms with van der Waals surface area (Å²) in [5.41, 5.74) is -0.400. The van der Waals surface area contributed by atoms with Crippen LogP contribution in [0, 0.1) is 0 Å². The van der Waals surface area contributed by atoms with Crippen molar-refractivity contribution in [3.05, 3.63) is 0 Å². The lowest BCUT2D eigenvalue weighted by atomic mass is 10.2. The fourth-order valence-electron chi connectivity index (χ4n) is 1.52. The third-order valence-corrected chi connectivity index (χ3v) is 2.36. The van der Waals surface area contributed by atoms with Crippen molar-refractivity contribution in [2.45, 2.75) is 45.8 Å². The van der Waals surface area contributed by atoms with Crippen LogP contribution in [-0.2, 0) is 4.74 Å². The molecule has 1 aliphatic heterocycles. The van der Waals surface area contributed by atoms with Crippen LogP contribution in [0.5, 0.6) is 0 Å². The van der Waals surface area contributed by atoms with Gasteiger partial charge in [-0.1, -0.05) is 0 Å². The van der Waals surface area contributed by atoms with Crippen LogP contribution in [-0.4, -0.2) is 42.3 Å². The van der Waals surface area contributed by atoms with E-state index in [1.807, 2.05) is 20.8 Å². The number of nitrogens with zero attached hydrogens (tertiary/aromatic N) is 1. The van der Waals surface area contributed by atoms with Crippen molar-refractivity contribution in [2.24, 2.45) is 0 Å². The number of rotatable bonds is 0. The van der Waals surface area contributed by atoms with Crippen LogP contribution in [0.2, 0.25) is 0 Å². The SMILES string of the molecule is CC1CCN(C(=O)OC(C)(C)C)CCN1. The van der Waals surface area contributed by atoms with Crippen molar-refractivity contribution in [1.82, 2.24) is 10.2 Å². The van der Waals surface area contributed by atoms with E-state index in [0.29, 0.717) is 6.04 Å². The van der Waals surface area contributed by atoms with Crippen molar-refractivity contribution in [3.63, 3.8) is 0 Å². The van der Waals surface area contributed by atoms with Gasteiger partial charge in [0.15, 0.2) is 0 Å². The molecule has 1 heterocycles. The van der Waals surface area contributed by atoms with Gasteiger partial charge in [-0.25, -0.2) is 4.79 Å². The second-order valence-corrected chi connectivity index (χ2v) is 5.11. The molecular formula is C11H22N2O2. The summed E-state index contributed by atoms with van der Waals surface area (Å²) in [6, 6.07) is 0.484. The van der Waals surface area contributed by atoms with E-state index in [0.717, 1.165) is 26.1 Å². The highest BCUT2D eigenvalue weighted by molar-refractivity contribution is 5.68. The average Bonchev–Trinajstić information content (AvgIpc) is 2.26. The molecule has 15 heavy (non-hydrogen) atoms. The zero-order valence-electron chi connectivity index (χ0n) is 10.2. The largest absolute Gasteiger partial charge is 0.444 e. The first-order valence-electron chi connectivity index (χ1n) is 5.60. The van der Waals surface area contributed by atoms with Gasteiger partial charge in [-0.3, -0.25) is 0 Å². The number of nitrogens with one attached hydrogen (secondary N) is 1. The normalized spacial score (nSPS) is 23.5. The zero-order valence-corrected chi connectivity index (χ0v) is 10.2. The molecular weight excluding hydrogens is 192 g/mol. The number of amides is 1. The van der Waals surface area contributed by atoms with Crippen molar-refractivity contribution in [3.8, 4) is 0 Å². The Morgan fingerprint density at radius 3 is 2.67 bits per heavy atom. The molecule has 0 aromatic carbocycles. The van der Waals surface area contributed by atoms with Gasteiger partial charge in [0.2, 0.25) is 0 Å². The maximum absolute atomic E-state index is 11.7. The number of ether oxygens (including phenoxy) is 1. The fourth-order valence-corrected chi connectivity index (χ4v) is 1.52. The minimum atomic E-state index is -0.400. The minimum Gasteiger partial charge on any atom is -0.444 e. The molecule has 0 aromatic heterocycles. The van der Waals surface area contributed by atoms with Crippen molar-refractivity contribution < 1.29 is 9.53 Å². The van der Waals surface area contributed by atoms with Crippen LogP contribution in [0.1, 0.15) is 34.1 Å². The number of carbonyl (C=O) groups is 1. The smallest absolute Gasteiger partial charge is 0.410 e. The molecule has 1 unspecified atom stereocenters. The van der Waals surface area contributed by atoms with Gasteiger partial charge in [-0.2, -0.15) is 0 Å². The quantitative estimate of drug-likeness (QED) is 0.666. The molecule has 0 bridgehead atoms. The van der Waals surface area contributed by atoms with Gasteiger partial charge in [0.05, 0.1) is 0 Å². The van der Waals surface area contributed by atoms with E-state index in [4.69, 9.17) is 4.74 Å². The second-order valence-electron chi connectivity index (χ2n) is 5.11. The highest BCUT2D eigenvalue weighted by atomic mass is 16.6. The van der Waals surface area contributed by atoms with Gasteiger partial charge in [0.25, 0.3) is 0 Å². The lowest BCUT2D eigenvalue weighted by Gasteiger charge is -2.26. The van der Waals surface area contributed by atoms with Gasteiger partial charge in [0.1, 0.15) is 5.60 Å². The Morgan fingerprint density at radius 1 is 1.40 bits per heavy atom. The summed E-state index contributed by atoms with van der Waals surface area (Å²) in [5.74, 6) is 0. The summed E-state index contributed by atoms with van der Waals surface area (Å²) < 4.78 is 5.33. The van der Waals surface area contributed by atoms with Gasteiger partial charge in [-0.05, 0) is 34.1 Å². The molecule has 1 atom stereocenters. The molecule has 4 heteroatoms. The van der Waals surface area contributed by atoms with Crippen LogP contribution >= 0.6 is 0 Å². The van der Waals surface area contributed by atoms with E-state index < -0.39 is 5.60 Å². The minimum absolute atomic E-state index is 0.196. The van der Waals surface area contributed by atoms with Crippen molar-refractivity contribution in [1.29, 1.82) is 0 Å².